The highest BCUT2D eigenvalue weighted by atomic mass is 16.1. The molecular formula is C15H18N2O. The highest BCUT2D eigenvalue weighted by Gasteiger charge is 2.11. The lowest BCUT2D eigenvalue weighted by Gasteiger charge is -2.10. The van der Waals surface area contributed by atoms with E-state index in [0.717, 1.165) is 29.1 Å². The van der Waals surface area contributed by atoms with Gasteiger partial charge in [-0.2, -0.15) is 0 Å². The van der Waals surface area contributed by atoms with E-state index >= 15 is 0 Å². The van der Waals surface area contributed by atoms with Crippen molar-refractivity contribution >= 4 is 0 Å². The summed E-state index contributed by atoms with van der Waals surface area (Å²) < 4.78 is 0. The molecule has 1 aromatic heterocycles. The van der Waals surface area contributed by atoms with Crippen LogP contribution in [0.5, 0.6) is 0 Å². The molecule has 0 spiro atoms. The third-order valence-electron chi connectivity index (χ3n) is 3.18. The smallest absolute Gasteiger partial charge is 0.254 e. The summed E-state index contributed by atoms with van der Waals surface area (Å²) in [4.78, 5) is 19.3. The van der Waals surface area contributed by atoms with Gasteiger partial charge in [-0.05, 0) is 32.4 Å². The lowest BCUT2D eigenvalue weighted by molar-refractivity contribution is 0.911. The summed E-state index contributed by atoms with van der Waals surface area (Å²) in [5.74, 6) is 0.738. The molecule has 0 atom stereocenters. The maximum absolute atomic E-state index is 11.9. The largest absolute Gasteiger partial charge is 0.310 e. The minimum atomic E-state index is -0.0437. The molecule has 0 fully saturated rings. The second kappa shape index (κ2) is 4.77. The zero-order chi connectivity index (χ0) is 13.3. The maximum Gasteiger partial charge on any atom is 0.254 e. The van der Waals surface area contributed by atoms with E-state index in [0.29, 0.717) is 5.56 Å². The Kier molecular flexibility index (Phi) is 3.32. The quantitative estimate of drug-likeness (QED) is 0.880. The Labute approximate surface area is 107 Å². The molecule has 0 unspecified atom stereocenters. The van der Waals surface area contributed by atoms with E-state index in [-0.39, 0.29) is 5.56 Å². The molecule has 0 saturated heterocycles. The molecule has 0 saturated carbocycles. The SMILES string of the molecule is CCc1nc(-c2cc(C)ccc2C)c(C)c(=O)[nH]1. The van der Waals surface area contributed by atoms with Crippen LogP contribution in [0.4, 0.5) is 0 Å². The first-order valence-electron chi connectivity index (χ1n) is 6.20. The van der Waals surface area contributed by atoms with E-state index < -0.39 is 0 Å². The average molecular weight is 242 g/mol. The number of aromatic amines is 1. The molecule has 18 heavy (non-hydrogen) atoms. The first-order valence-corrected chi connectivity index (χ1v) is 6.20. The summed E-state index contributed by atoms with van der Waals surface area (Å²) in [5.41, 5.74) is 4.81. The van der Waals surface area contributed by atoms with Crippen LogP contribution < -0.4 is 5.56 Å². The third kappa shape index (κ3) is 2.21. The molecule has 3 heteroatoms. The number of hydrogen-bond donors (Lipinski definition) is 1. The summed E-state index contributed by atoms with van der Waals surface area (Å²) in [7, 11) is 0. The Morgan fingerprint density at radius 2 is 1.94 bits per heavy atom. The Morgan fingerprint density at radius 1 is 1.22 bits per heavy atom. The van der Waals surface area contributed by atoms with Gasteiger partial charge in [0.2, 0.25) is 0 Å². The molecular weight excluding hydrogens is 224 g/mol. The van der Waals surface area contributed by atoms with Gasteiger partial charge in [0, 0.05) is 17.5 Å². The van der Waals surface area contributed by atoms with Crippen LogP contribution in [-0.4, -0.2) is 9.97 Å². The van der Waals surface area contributed by atoms with Crippen LogP contribution in [-0.2, 0) is 6.42 Å². The summed E-state index contributed by atoms with van der Waals surface area (Å²) in [6.07, 6.45) is 0.730. The third-order valence-corrected chi connectivity index (χ3v) is 3.18. The van der Waals surface area contributed by atoms with Gasteiger partial charge in [0.05, 0.1) is 5.69 Å². The predicted molar refractivity (Wildman–Crippen MR) is 73.9 cm³/mol. The predicted octanol–water partition coefficient (Wildman–Crippen LogP) is 2.92. The monoisotopic (exact) mass is 242 g/mol. The Balaban J connectivity index is 2.74. The van der Waals surface area contributed by atoms with E-state index in [1.54, 1.807) is 0 Å². The van der Waals surface area contributed by atoms with Crippen molar-refractivity contribution in [1.82, 2.24) is 9.97 Å². The second-order valence-electron chi connectivity index (χ2n) is 4.66. The molecule has 0 aliphatic rings. The van der Waals surface area contributed by atoms with Crippen molar-refractivity contribution in [2.45, 2.75) is 34.1 Å². The fourth-order valence-corrected chi connectivity index (χ4v) is 2.00. The first-order chi connectivity index (χ1) is 8.52. The van der Waals surface area contributed by atoms with Gasteiger partial charge in [-0.3, -0.25) is 4.79 Å². The van der Waals surface area contributed by atoms with Gasteiger partial charge in [0.25, 0.3) is 5.56 Å². The number of aromatic nitrogens is 2. The van der Waals surface area contributed by atoms with E-state index in [2.05, 4.69) is 28.2 Å². The molecule has 0 radical (unpaired) electrons. The van der Waals surface area contributed by atoms with Crippen LogP contribution in [0.25, 0.3) is 11.3 Å². The minimum absolute atomic E-state index is 0.0437. The lowest BCUT2D eigenvalue weighted by atomic mass is 10.00. The standard InChI is InChI=1S/C15H18N2O/c1-5-13-16-14(11(4)15(18)17-13)12-8-9(2)6-7-10(12)3/h6-8H,5H2,1-4H3,(H,16,17,18). The number of benzene rings is 1. The van der Waals surface area contributed by atoms with Gasteiger partial charge in [0.15, 0.2) is 0 Å². The van der Waals surface area contributed by atoms with Gasteiger partial charge < -0.3 is 4.98 Å². The zero-order valence-corrected chi connectivity index (χ0v) is 11.3. The Morgan fingerprint density at radius 3 is 2.61 bits per heavy atom. The number of aryl methyl sites for hydroxylation is 3. The fraction of sp³-hybridized carbons (Fsp3) is 0.333. The van der Waals surface area contributed by atoms with Crippen molar-refractivity contribution in [2.75, 3.05) is 0 Å². The highest BCUT2D eigenvalue weighted by molar-refractivity contribution is 5.67. The highest BCUT2D eigenvalue weighted by Crippen LogP contribution is 2.24. The van der Waals surface area contributed by atoms with E-state index in [4.69, 9.17) is 0 Å². The van der Waals surface area contributed by atoms with Crippen molar-refractivity contribution in [3.05, 3.63) is 51.1 Å². The second-order valence-corrected chi connectivity index (χ2v) is 4.66. The molecule has 94 valence electrons. The number of H-pyrrole nitrogens is 1. The van der Waals surface area contributed by atoms with Crippen LogP contribution in [0.1, 0.15) is 29.4 Å². The number of rotatable bonds is 2. The van der Waals surface area contributed by atoms with E-state index in [1.807, 2.05) is 27.7 Å². The topological polar surface area (TPSA) is 45.8 Å². The van der Waals surface area contributed by atoms with Crippen molar-refractivity contribution in [2.24, 2.45) is 0 Å². The maximum atomic E-state index is 11.9. The van der Waals surface area contributed by atoms with Crippen LogP contribution in [0.15, 0.2) is 23.0 Å². The normalized spacial score (nSPS) is 10.7. The zero-order valence-electron chi connectivity index (χ0n) is 11.3. The summed E-state index contributed by atoms with van der Waals surface area (Å²) >= 11 is 0. The molecule has 2 aromatic rings. The molecule has 2 rings (SSSR count). The molecule has 0 aliphatic carbocycles. The van der Waals surface area contributed by atoms with Crippen LogP contribution in [0.3, 0.4) is 0 Å². The van der Waals surface area contributed by atoms with Crippen LogP contribution >= 0.6 is 0 Å². The van der Waals surface area contributed by atoms with Gasteiger partial charge in [-0.1, -0.05) is 24.6 Å². The minimum Gasteiger partial charge on any atom is -0.310 e. The van der Waals surface area contributed by atoms with Crippen molar-refractivity contribution in [3.63, 3.8) is 0 Å². The molecule has 1 N–H and O–H groups in total. The van der Waals surface area contributed by atoms with Gasteiger partial charge in [-0.25, -0.2) is 4.98 Å². The van der Waals surface area contributed by atoms with Crippen LogP contribution in [0, 0.1) is 20.8 Å². The van der Waals surface area contributed by atoms with E-state index in [1.165, 1.54) is 5.56 Å². The molecule has 1 aromatic carbocycles. The van der Waals surface area contributed by atoms with E-state index in [9.17, 15) is 4.79 Å². The van der Waals surface area contributed by atoms with Gasteiger partial charge in [0.1, 0.15) is 5.82 Å². The molecule has 0 aliphatic heterocycles. The Hall–Kier alpha value is -1.90. The number of hydrogen-bond acceptors (Lipinski definition) is 2. The van der Waals surface area contributed by atoms with Gasteiger partial charge >= 0.3 is 0 Å². The van der Waals surface area contributed by atoms with Crippen LogP contribution in [0.2, 0.25) is 0 Å². The molecule has 1 heterocycles. The van der Waals surface area contributed by atoms with Crippen molar-refractivity contribution in [1.29, 1.82) is 0 Å². The van der Waals surface area contributed by atoms with Crippen molar-refractivity contribution < 1.29 is 0 Å². The number of nitrogens with zero attached hydrogens (tertiary/aromatic N) is 1. The molecule has 0 bridgehead atoms. The van der Waals surface area contributed by atoms with Gasteiger partial charge in [-0.15, -0.1) is 0 Å². The lowest BCUT2D eigenvalue weighted by Crippen LogP contribution is -2.16. The Bertz CT molecular complexity index is 641. The summed E-state index contributed by atoms with van der Waals surface area (Å²) in [6, 6.07) is 6.23. The summed E-state index contributed by atoms with van der Waals surface area (Å²) in [5, 5.41) is 0. The average Bonchev–Trinajstić information content (AvgIpc) is 2.35. The first kappa shape index (κ1) is 12.6. The molecule has 0 amide bonds. The molecule has 3 nitrogen and oxygen atoms in total. The summed E-state index contributed by atoms with van der Waals surface area (Å²) in [6.45, 7) is 7.90. The fourth-order valence-electron chi connectivity index (χ4n) is 2.00. The van der Waals surface area contributed by atoms with Crippen molar-refractivity contribution in [3.8, 4) is 11.3 Å². The number of nitrogens with one attached hydrogen (secondary N) is 1.